The molecule has 1 atom stereocenters. The van der Waals surface area contributed by atoms with Crippen LogP contribution in [0.3, 0.4) is 0 Å². The lowest BCUT2D eigenvalue weighted by atomic mass is 9.80. The van der Waals surface area contributed by atoms with E-state index in [1.165, 1.54) is 12.1 Å². The Labute approximate surface area is 136 Å². The van der Waals surface area contributed by atoms with Gasteiger partial charge < -0.3 is 5.73 Å². The third kappa shape index (κ3) is 3.59. The molecule has 1 unspecified atom stereocenters. The van der Waals surface area contributed by atoms with E-state index in [1.807, 2.05) is 50.2 Å². The van der Waals surface area contributed by atoms with Crippen molar-refractivity contribution in [3.63, 3.8) is 0 Å². The summed E-state index contributed by atoms with van der Waals surface area (Å²) in [4.78, 5) is 15.1. The highest BCUT2D eigenvalue weighted by Gasteiger charge is 2.39. The molecule has 0 aliphatic heterocycles. The van der Waals surface area contributed by atoms with E-state index < -0.39 is 5.54 Å². The van der Waals surface area contributed by atoms with E-state index in [-0.39, 0.29) is 11.6 Å². The van der Waals surface area contributed by atoms with Gasteiger partial charge in [0.1, 0.15) is 5.82 Å². The minimum Gasteiger partial charge on any atom is -0.399 e. The van der Waals surface area contributed by atoms with Crippen molar-refractivity contribution in [2.75, 3.05) is 19.8 Å². The Bertz CT molecular complexity index is 665. The summed E-state index contributed by atoms with van der Waals surface area (Å²) in [6, 6.07) is 13.3. The molecule has 2 N–H and O–H groups in total. The molecule has 3 nitrogen and oxygen atoms in total. The zero-order valence-corrected chi connectivity index (χ0v) is 13.8. The molecule has 2 rings (SSSR count). The van der Waals surface area contributed by atoms with Gasteiger partial charge in [0, 0.05) is 11.3 Å². The van der Waals surface area contributed by atoms with E-state index in [4.69, 9.17) is 5.73 Å². The Morgan fingerprint density at radius 1 is 1.09 bits per heavy atom. The molecule has 0 bridgehead atoms. The zero-order valence-electron chi connectivity index (χ0n) is 13.8. The number of nitrogen functional groups attached to an aromatic ring is 1. The third-order valence-electron chi connectivity index (χ3n) is 4.45. The predicted octanol–water partition coefficient (Wildman–Crippen LogP) is 3.54. The van der Waals surface area contributed by atoms with Crippen LogP contribution in [0.15, 0.2) is 48.5 Å². The van der Waals surface area contributed by atoms with Gasteiger partial charge in [-0.3, -0.25) is 9.69 Å². The van der Waals surface area contributed by atoms with Gasteiger partial charge in [-0.1, -0.05) is 19.1 Å². The maximum atomic E-state index is 13.1. The molecule has 4 heteroatoms. The molecule has 0 saturated carbocycles. The standard InChI is InChI=1S/C19H23FN2O/c1-4-19(22(2)3,13-14-5-11-17(21)12-6-14)18(23)15-7-9-16(20)10-8-15/h5-12H,4,13,21H2,1-3H3. The first-order valence-electron chi connectivity index (χ1n) is 7.71. The van der Waals surface area contributed by atoms with Crippen LogP contribution < -0.4 is 5.73 Å². The fourth-order valence-electron chi connectivity index (χ4n) is 2.89. The van der Waals surface area contributed by atoms with Crippen LogP contribution in [0, 0.1) is 5.82 Å². The van der Waals surface area contributed by atoms with Crippen molar-refractivity contribution >= 4 is 11.5 Å². The van der Waals surface area contributed by atoms with Crippen molar-refractivity contribution in [3.8, 4) is 0 Å². The van der Waals surface area contributed by atoms with Crippen molar-refractivity contribution < 1.29 is 9.18 Å². The molecule has 2 aromatic carbocycles. The monoisotopic (exact) mass is 314 g/mol. The molecule has 0 spiro atoms. The van der Waals surface area contributed by atoms with Crippen LogP contribution in [-0.2, 0) is 6.42 Å². The minimum atomic E-state index is -0.673. The zero-order chi connectivity index (χ0) is 17.0. The van der Waals surface area contributed by atoms with E-state index in [1.54, 1.807) is 12.1 Å². The Balaban J connectivity index is 2.40. The van der Waals surface area contributed by atoms with Gasteiger partial charge in [0.05, 0.1) is 5.54 Å². The summed E-state index contributed by atoms with van der Waals surface area (Å²) in [6.07, 6.45) is 1.23. The first-order chi connectivity index (χ1) is 10.9. The summed E-state index contributed by atoms with van der Waals surface area (Å²) in [5, 5.41) is 0. The summed E-state index contributed by atoms with van der Waals surface area (Å²) in [7, 11) is 3.81. The summed E-state index contributed by atoms with van der Waals surface area (Å²) in [5.74, 6) is -0.339. The number of likely N-dealkylation sites (N-methyl/N-ethyl adjacent to an activating group) is 1. The van der Waals surface area contributed by atoms with E-state index in [0.29, 0.717) is 24.1 Å². The van der Waals surface area contributed by atoms with Crippen molar-refractivity contribution in [2.24, 2.45) is 0 Å². The van der Waals surface area contributed by atoms with E-state index >= 15 is 0 Å². The SMILES string of the molecule is CCC(Cc1ccc(N)cc1)(C(=O)c1ccc(F)cc1)N(C)C. The summed E-state index contributed by atoms with van der Waals surface area (Å²) in [5.41, 5.74) is 7.33. The van der Waals surface area contributed by atoms with Crippen molar-refractivity contribution in [2.45, 2.75) is 25.3 Å². The lowest BCUT2D eigenvalue weighted by Crippen LogP contribution is -2.52. The van der Waals surface area contributed by atoms with Gasteiger partial charge in [-0.15, -0.1) is 0 Å². The maximum Gasteiger partial charge on any atom is 0.183 e. The summed E-state index contributed by atoms with van der Waals surface area (Å²) < 4.78 is 13.1. The van der Waals surface area contributed by atoms with Crippen molar-refractivity contribution in [1.82, 2.24) is 4.90 Å². The number of ketones is 1. The quantitative estimate of drug-likeness (QED) is 0.655. The molecular weight excluding hydrogens is 291 g/mol. The first kappa shape index (κ1) is 17.2. The van der Waals surface area contributed by atoms with Gasteiger partial charge >= 0.3 is 0 Å². The highest BCUT2D eigenvalue weighted by molar-refractivity contribution is 6.03. The van der Waals surface area contributed by atoms with Crippen LogP contribution in [0.2, 0.25) is 0 Å². The van der Waals surface area contributed by atoms with Gasteiger partial charge in [-0.2, -0.15) is 0 Å². The van der Waals surface area contributed by atoms with E-state index in [9.17, 15) is 9.18 Å². The second-order valence-electron chi connectivity index (χ2n) is 6.03. The predicted molar refractivity (Wildman–Crippen MR) is 92.0 cm³/mol. The number of hydrogen-bond donors (Lipinski definition) is 1. The number of rotatable bonds is 6. The number of carbonyl (C=O) groups excluding carboxylic acids is 1. The molecule has 23 heavy (non-hydrogen) atoms. The van der Waals surface area contributed by atoms with Gasteiger partial charge in [-0.25, -0.2) is 4.39 Å². The normalized spacial score (nSPS) is 13.8. The second kappa shape index (κ2) is 6.92. The highest BCUT2D eigenvalue weighted by Crippen LogP contribution is 2.28. The number of anilines is 1. The fourth-order valence-corrected chi connectivity index (χ4v) is 2.89. The largest absolute Gasteiger partial charge is 0.399 e. The van der Waals surface area contributed by atoms with Gasteiger partial charge in [0.2, 0.25) is 0 Å². The number of carbonyl (C=O) groups is 1. The number of Topliss-reactive ketones (excluding diaryl/α,β-unsaturated/α-hetero) is 1. The van der Waals surface area contributed by atoms with Crippen LogP contribution >= 0.6 is 0 Å². The topological polar surface area (TPSA) is 46.3 Å². The van der Waals surface area contributed by atoms with Crippen LogP contribution in [0.25, 0.3) is 0 Å². The Hall–Kier alpha value is -2.20. The molecule has 0 radical (unpaired) electrons. The Morgan fingerprint density at radius 3 is 2.13 bits per heavy atom. The van der Waals surface area contributed by atoms with Crippen LogP contribution in [0.4, 0.5) is 10.1 Å². The lowest BCUT2D eigenvalue weighted by molar-refractivity contribution is 0.0666. The van der Waals surface area contributed by atoms with Gasteiger partial charge in [0.15, 0.2) is 5.78 Å². The number of nitrogens with zero attached hydrogens (tertiary/aromatic N) is 1. The van der Waals surface area contributed by atoms with Crippen molar-refractivity contribution in [1.29, 1.82) is 0 Å². The van der Waals surface area contributed by atoms with E-state index in [0.717, 1.165) is 5.56 Å². The molecule has 0 aliphatic carbocycles. The lowest BCUT2D eigenvalue weighted by Gasteiger charge is -2.38. The first-order valence-corrected chi connectivity index (χ1v) is 7.71. The molecule has 2 aromatic rings. The summed E-state index contributed by atoms with van der Waals surface area (Å²) in [6.45, 7) is 2.00. The average molecular weight is 314 g/mol. The molecule has 0 aliphatic rings. The Kier molecular flexibility index (Phi) is 5.16. The average Bonchev–Trinajstić information content (AvgIpc) is 2.54. The van der Waals surface area contributed by atoms with E-state index in [2.05, 4.69) is 0 Å². The maximum absolute atomic E-state index is 13.1. The third-order valence-corrected chi connectivity index (χ3v) is 4.45. The summed E-state index contributed by atoms with van der Waals surface area (Å²) >= 11 is 0. The molecule has 0 saturated heterocycles. The molecule has 0 amide bonds. The molecular formula is C19H23FN2O. The molecule has 0 heterocycles. The number of nitrogens with two attached hydrogens (primary N) is 1. The smallest absolute Gasteiger partial charge is 0.183 e. The minimum absolute atomic E-state index is 0.00169. The van der Waals surface area contributed by atoms with Gasteiger partial charge in [-0.05, 0) is 68.9 Å². The number of hydrogen-bond acceptors (Lipinski definition) is 3. The van der Waals surface area contributed by atoms with Crippen LogP contribution in [0.5, 0.6) is 0 Å². The fraction of sp³-hybridized carbons (Fsp3) is 0.316. The molecule has 0 aromatic heterocycles. The van der Waals surface area contributed by atoms with Crippen molar-refractivity contribution in [3.05, 3.63) is 65.5 Å². The number of halogens is 1. The molecule has 122 valence electrons. The Morgan fingerprint density at radius 2 is 1.65 bits per heavy atom. The highest BCUT2D eigenvalue weighted by atomic mass is 19.1. The number of benzene rings is 2. The van der Waals surface area contributed by atoms with Crippen LogP contribution in [0.1, 0.15) is 29.3 Å². The van der Waals surface area contributed by atoms with Gasteiger partial charge in [0.25, 0.3) is 0 Å². The van der Waals surface area contributed by atoms with Crippen LogP contribution in [-0.4, -0.2) is 30.3 Å². The molecule has 0 fully saturated rings. The second-order valence-corrected chi connectivity index (χ2v) is 6.03.